The quantitative estimate of drug-likeness (QED) is 0.0560. The number of halogens is 1. The third-order valence-corrected chi connectivity index (χ3v) is 14.8. The molecule has 0 saturated carbocycles. The first-order valence-electron chi connectivity index (χ1n) is 22.3. The molecule has 19 nitrogen and oxygen atoms in total. The monoisotopic (exact) mass is 1010 g/mol. The van der Waals surface area contributed by atoms with E-state index in [1.807, 2.05) is 32.0 Å². The Balaban J connectivity index is 1.36. The molecule has 14 atom stereocenters. The number of aryl methyl sites for hydroxylation is 2. The van der Waals surface area contributed by atoms with E-state index in [4.69, 9.17) is 23.8 Å². The molecular formula is C44H68IN7O12. The van der Waals surface area contributed by atoms with Gasteiger partial charge >= 0.3 is 5.97 Å². The summed E-state index contributed by atoms with van der Waals surface area (Å²) in [5.41, 5.74) is -1.04. The molecule has 3 fully saturated rings. The second kappa shape index (κ2) is 22.5. The van der Waals surface area contributed by atoms with Crippen LogP contribution in [0.1, 0.15) is 85.4 Å². The number of ketones is 1. The minimum absolute atomic E-state index is 0.0393. The van der Waals surface area contributed by atoms with Gasteiger partial charge in [-0.3, -0.25) is 24.4 Å². The van der Waals surface area contributed by atoms with Crippen molar-refractivity contribution >= 4 is 45.7 Å². The highest BCUT2D eigenvalue weighted by atomic mass is 127. The minimum Gasteiger partial charge on any atom is -0.448 e. The molecular weight excluding hydrogens is 945 g/mol. The van der Waals surface area contributed by atoms with Gasteiger partial charge in [-0.1, -0.05) is 43.3 Å². The summed E-state index contributed by atoms with van der Waals surface area (Å²) < 4.78 is 25.6. The summed E-state index contributed by atoms with van der Waals surface area (Å²) in [7, 11) is 3.42. The molecule has 0 spiro atoms. The van der Waals surface area contributed by atoms with Gasteiger partial charge < -0.3 is 49.3 Å². The molecule has 1 aromatic carbocycles. The molecule has 0 radical (unpaired) electrons. The van der Waals surface area contributed by atoms with Crippen LogP contribution in [-0.4, -0.2) is 150 Å². The van der Waals surface area contributed by atoms with Crippen LogP contribution in [-0.2, 0) is 52.8 Å². The molecule has 4 heterocycles. The third kappa shape index (κ3) is 12.6. The van der Waals surface area contributed by atoms with Gasteiger partial charge in [-0.15, -0.1) is 5.10 Å². The highest BCUT2D eigenvalue weighted by molar-refractivity contribution is 14.1. The molecule has 1 aromatic heterocycles. The maximum atomic E-state index is 14.3. The van der Waals surface area contributed by atoms with Crippen LogP contribution in [0.2, 0.25) is 0 Å². The van der Waals surface area contributed by atoms with Crippen LogP contribution in [0.4, 0.5) is 5.69 Å². The number of alkyl halides is 1. The SMILES string of the molecule is CO[C@]1(C)C[C@@H](C)/C(=N\O[C@@H]2CCCNC2)[C@H](C)[C@@H](O)[C@](C)(O)[C@@H](I)OC(=O)[C@H](C)C(=O)[C@H](C)[C@H]1O[C@@H]1O[C@H](C)C[C@H](N(C)CCc2cn(CCc3ccc([N+](=O)[O-])cc3)nn2)[C@H]1O. The van der Waals surface area contributed by atoms with Gasteiger partial charge in [0.15, 0.2) is 16.2 Å². The van der Waals surface area contributed by atoms with Crippen molar-refractivity contribution in [2.24, 2.45) is 28.8 Å². The van der Waals surface area contributed by atoms with Crippen molar-refractivity contribution in [2.45, 2.75) is 152 Å². The van der Waals surface area contributed by atoms with E-state index in [0.717, 1.165) is 30.6 Å². The Kier molecular flexibility index (Phi) is 18.2. The fourth-order valence-corrected chi connectivity index (χ4v) is 9.66. The predicted octanol–water partition coefficient (Wildman–Crippen LogP) is 3.62. The summed E-state index contributed by atoms with van der Waals surface area (Å²) in [6.07, 6.45) is -0.0770. The number of Topliss-reactive ketones (excluding diaryl/α,β-unsaturated/α-hetero) is 1. The number of hydrogen-bond donors (Lipinski definition) is 4. The molecule has 4 N–H and O–H groups in total. The maximum Gasteiger partial charge on any atom is 0.317 e. The average Bonchev–Trinajstić information content (AvgIpc) is 3.74. The van der Waals surface area contributed by atoms with Crippen molar-refractivity contribution in [1.29, 1.82) is 0 Å². The molecule has 5 rings (SSSR count). The first-order valence-corrected chi connectivity index (χ1v) is 23.5. The average molecular weight is 1010 g/mol. The normalized spacial score (nSPS) is 36.7. The smallest absolute Gasteiger partial charge is 0.317 e. The number of hydrogen-bond acceptors (Lipinski definition) is 17. The standard InChI is InChI=1S/C44H68IN7O12/c1-25-22-43(6,60-9)39(28(4)36(53)29(5)40(56)63-42(45)44(7,57)38(55)27(3)35(25)48-64-33-11-10-18-46-23-33)62-41-37(54)34(21-26(2)61-41)50(8)19-17-31-24-51(49-47-31)20-16-30-12-14-32(15-13-30)52(58)59/h12-15,24-29,33-34,37-39,41-42,46,54-55,57H,10-11,16-23H2,1-9H3/b48-35+/t25-,26-,27+,28+,29-,33-,34+,37-,38-,39-,41+,42+,43-,44+/m1/s1. The second-order valence-corrected chi connectivity index (χ2v) is 19.5. The van der Waals surface area contributed by atoms with E-state index in [0.29, 0.717) is 44.6 Å². The van der Waals surface area contributed by atoms with Gasteiger partial charge in [0.25, 0.3) is 5.69 Å². The highest BCUT2D eigenvalue weighted by Gasteiger charge is 2.52. The van der Waals surface area contributed by atoms with Crippen LogP contribution >= 0.6 is 22.6 Å². The van der Waals surface area contributed by atoms with Crippen LogP contribution in [0, 0.1) is 33.8 Å². The van der Waals surface area contributed by atoms with E-state index < -0.39 is 86.3 Å². The van der Waals surface area contributed by atoms with Crippen LogP contribution < -0.4 is 5.32 Å². The predicted molar refractivity (Wildman–Crippen MR) is 243 cm³/mol. The fraction of sp³-hybridized carbons (Fsp3) is 0.750. The van der Waals surface area contributed by atoms with E-state index in [1.165, 1.54) is 33.1 Å². The van der Waals surface area contributed by atoms with Gasteiger partial charge in [0, 0.05) is 75.3 Å². The number of carbonyl (C=O) groups excluding carboxylic acids is 2. The summed E-state index contributed by atoms with van der Waals surface area (Å²) in [6.45, 7) is 14.4. The topological polar surface area (TPSA) is 242 Å². The third-order valence-electron chi connectivity index (χ3n) is 13.3. The molecule has 0 aliphatic carbocycles. The lowest BCUT2D eigenvalue weighted by molar-refractivity contribution is -0.384. The molecule has 358 valence electrons. The Bertz CT molecular complexity index is 1900. The van der Waals surface area contributed by atoms with Crippen LogP contribution in [0.25, 0.3) is 0 Å². The maximum absolute atomic E-state index is 14.3. The number of carbonyl (C=O) groups is 2. The van der Waals surface area contributed by atoms with Gasteiger partial charge in [-0.25, -0.2) is 0 Å². The first kappa shape index (κ1) is 51.8. The van der Waals surface area contributed by atoms with Gasteiger partial charge in [-0.05, 0) is 102 Å². The zero-order valence-corrected chi connectivity index (χ0v) is 40.6. The Morgan fingerprint density at radius 1 is 1.11 bits per heavy atom. The number of ether oxygens (including phenoxy) is 4. The van der Waals surface area contributed by atoms with E-state index >= 15 is 0 Å². The van der Waals surface area contributed by atoms with E-state index in [9.17, 15) is 35.0 Å². The van der Waals surface area contributed by atoms with Crippen molar-refractivity contribution < 1.29 is 53.6 Å². The number of esters is 1. The Morgan fingerprint density at radius 2 is 1.81 bits per heavy atom. The number of benzene rings is 1. The highest BCUT2D eigenvalue weighted by Crippen LogP contribution is 2.39. The number of oxime groups is 1. The first-order chi connectivity index (χ1) is 30.2. The molecule has 0 bridgehead atoms. The molecule has 2 aromatic rings. The van der Waals surface area contributed by atoms with Crippen molar-refractivity contribution in [1.82, 2.24) is 25.2 Å². The zero-order chi connectivity index (χ0) is 47.1. The fourth-order valence-electron chi connectivity index (χ4n) is 9.04. The number of cyclic esters (lactones) is 1. The molecule has 0 amide bonds. The molecule has 64 heavy (non-hydrogen) atoms. The summed E-state index contributed by atoms with van der Waals surface area (Å²) in [4.78, 5) is 46.6. The largest absolute Gasteiger partial charge is 0.448 e. The van der Waals surface area contributed by atoms with Gasteiger partial charge in [0.1, 0.15) is 23.7 Å². The molecule has 0 unspecified atom stereocenters. The molecule has 20 heteroatoms. The zero-order valence-electron chi connectivity index (χ0n) is 38.5. The van der Waals surface area contributed by atoms with Gasteiger partial charge in [0.2, 0.25) is 0 Å². The number of nitrogens with one attached hydrogen (secondary N) is 1. The second-order valence-electron chi connectivity index (χ2n) is 18.4. The van der Waals surface area contributed by atoms with Crippen LogP contribution in [0.5, 0.6) is 0 Å². The Hall–Kier alpha value is -3.22. The summed E-state index contributed by atoms with van der Waals surface area (Å²) in [5, 5.41) is 63.0. The van der Waals surface area contributed by atoms with Crippen LogP contribution in [0.15, 0.2) is 35.6 Å². The Morgan fingerprint density at radius 3 is 2.45 bits per heavy atom. The number of aliphatic hydroxyl groups excluding tert-OH is 2. The van der Waals surface area contributed by atoms with Crippen molar-refractivity contribution in [2.75, 3.05) is 33.8 Å². The number of methoxy groups -OCH3 is 1. The lowest BCUT2D eigenvalue weighted by Gasteiger charge is -2.47. The van der Waals surface area contributed by atoms with Gasteiger partial charge in [0.05, 0.1) is 40.2 Å². The van der Waals surface area contributed by atoms with E-state index in [-0.39, 0.29) is 24.3 Å². The lowest BCUT2D eigenvalue weighted by Crippen LogP contribution is -2.60. The van der Waals surface area contributed by atoms with Crippen LogP contribution in [0.3, 0.4) is 0 Å². The number of nitro groups is 1. The van der Waals surface area contributed by atoms with Crippen molar-refractivity contribution in [3.05, 3.63) is 51.8 Å². The number of rotatable bonds is 13. The molecule has 3 aliphatic heterocycles. The molecule has 3 saturated heterocycles. The van der Waals surface area contributed by atoms with E-state index in [1.54, 1.807) is 60.2 Å². The van der Waals surface area contributed by atoms with E-state index in [2.05, 4.69) is 20.8 Å². The number of piperidine rings is 1. The summed E-state index contributed by atoms with van der Waals surface area (Å²) in [6, 6.07) is 6.01. The number of non-ortho nitro benzene ring substituents is 1. The van der Waals surface area contributed by atoms with Crippen molar-refractivity contribution in [3.63, 3.8) is 0 Å². The Labute approximate surface area is 389 Å². The number of likely N-dealkylation sites (N-methyl/N-ethyl adjacent to an activating group) is 1. The molecule has 3 aliphatic rings. The summed E-state index contributed by atoms with van der Waals surface area (Å²) >= 11 is 1.76. The van der Waals surface area contributed by atoms with Gasteiger partial charge in [-0.2, -0.15) is 0 Å². The summed E-state index contributed by atoms with van der Waals surface area (Å²) in [5.74, 6) is -4.91. The number of nitro benzene ring substituents is 1. The van der Waals surface area contributed by atoms with Crippen molar-refractivity contribution in [3.8, 4) is 0 Å². The lowest BCUT2D eigenvalue weighted by atomic mass is 9.75. The number of nitrogens with zero attached hydrogens (tertiary/aromatic N) is 6. The number of aliphatic hydroxyl groups is 3. The minimum atomic E-state index is -1.94. The number of aromatic nitrogens is 3.